The van der Waals surface area contributed by atoms with E-state index in [4.69, 9.17) is 0 Å². The third kappa shape index (κ3) is 3.38. The van der Waals surface area contributed by atoms with E-state index in [9.17, 15) is 0 Å². The van der Waals surface area contributed by atoms with Gasteiger partial charge in [-0.2, -0.15) is 0 Å². The van der Waals surface area contributed by atoms with Crippen molar-refractivity contribution in [2.45, 2.75) is 72.8 Å². The summed E-state index contributed by atoms with van der Waals surface area (Å²) in [5.74, 6) is 1.97. The molecule has 2 aliphatic heterocycles. The summed E-state index contributed by atoms with van der Waals surface area (Å²) in [5, 5.41) is 0. The van der Waals surface area contributed by atoms with Gasteiger partial charge in [0.05, 0.1) is 0 Å². The Balaban J connectivity index is 1.37. The van der Waals surface area contributed by atoms with E-state index in [0.29, 0.717) is 16.4 Å². The summed E-state index contributed by atoms with van der Waals surface area (Å²) in [6.45, 7) is 21.1. The van der Waals surface area contributed by atoms with Gasteiger partial charge in [0.15, 0.2) is 0 Å². The Morgan fingerprint density at radius 3 is 1.91 bits per heavy atom. The molecule has 0 aromatic carbocycles. The molecule has 0 aromatic rings. The molecule has 0 aromatic heterocycles. The first kappa shape index (κ1) is 16.8. The molecule has 2 saturated heterocycles. The van der Waals surface area contributed by atoms with E-state index in [-0.39, 0.29) is 0 Å². The highest BCUT2D eigenvalue weighted by Gasteiger charge is 2.47. The van der Waals surface area contributed by atoms with E-state index in [0.717, 1.165) is 11.8 Å². The predicted octanol–water partition coefficient (Wildman–Crippen LogP) is 4.26. The molecule has 1 saturated carbocycles. The summed E-state index contributed by atoms with van der Waals surface area (Å²) >= 11 is 0. The average Bonchev–Trinajstić information content (AvgIpc) is 2.28. The molecule has 2 nitrogen and oxygen atoms in total. The molecule has 0 radical (unpaired) electrons. The molecule has 1 spiro atoms. The van der Waals surface area contributed by atoms with Crippen LogP contribution in [0.4, 0.5) is 0 Å². The van der Waals surface area contributed by atoms with Crippen LogP contribution in [0, 0.1) is 22.7 Å². The van der Waals surface area contributed by atoms with Crippen LogP contribution in [-0.4, -0.2) is 48.1 Å². The van der Waals surface area contributed by atoms with Crippen molar-refractivity contribution in [2.24, 2.45) is 22.7 Å². The number of likely N-dealkylation sites (tertiary alicyclic amines) is 2. The molecule has 3 aliphatic rings. The first-order valence-electron chi connectivity index (χ1n) is 9.55. The van der Waals surface area contributed by atoms with Crippen LogP contribution in [0.25, 0.3) is 0 Å². The van der Waals surface area contributed by atoms with Crippen molar-refractivity contribution < 1.29 is 0 Å². The highest BCUT2D eigenvalue weighted by atomic mass is 15.2. The van der Waals surface area contributed by atoms with Gasteiger partial charge in [-0.1, -0.05) is 20.8 Å². The second-order valence-corrected chi connectivity index (χ2v) is 10.7. The molecule has 1 aliphatic carbocycles. The van der Waals surface area contributed by atoms with Gasteiger partial charge >= 0.3 is 0 Å². The molecular formula is C20H38N2. The van der Waals surface area contributed by atoms with Crippen molar-refractivity contribution in [1.82, 2.24) is 9.80 Å². The average molecular weight is 307 g/mol. The monoisotopic (exact) mass is 306 g/mol. The number of hydrogen-bond donors (Lipinski definition) is 0. The van der Waals surface area contributed by atoms with Crippen molar-refractivity contribution in [1.29, 1.82) is 0 Å². The number of nitrogens with zero attached hydrogens (tertiary/aromatic N) is 2. The summed E-state index contributed by atoms with van der Waals surface area (Å²) in [6.07, 6.45) is 5.81. The summed E-state index contributed by atoms with van der Waals surface area (Å²) in [5.41, 5.74) is 1.58. The fourth-order valence-electron chi connectivity index (χ4n) is 4.96. The Morgan fingerprint density at radius 1 is 0.909 bits per heavy atom. The highest BCUT2D eigenvalue weighted by molar-refractivity contribution is 5.01. The lowest BCUT2D eigenvalue weighted by molar-refractivity contribution is -0.0790. The van der Waals surface area contributed by atoms with Crippen molar-refractivity contribution in [3.8, 4) is 0 Å². The van der Waals surface area contributed by atoms with Crippen molar-refractivity contribution in [3.63, 3.8) is 0 Å². The minimum Gasteiger partial charge on any atom is -0.302 e. The van der Waals surface area contributed by atoms with Crippen LogP contribution in [0.1, 0.15) is 67.2 Å². The second kappa shape index (κ2) is 5.48. The lowest BCUT2D eigenvalue weighted by Gasteiger charge is -2.57. The minimum absolute atomic E-state index is 0.360. The Labute approximate surface area is 138 Å². The lowest BCUT2D eigenvalue weighted by atomic mass is 9.62. The fourth-order valence-corrected chi connectivity index (χ4v) is 4.96. The Bertz CT molecular complexity index is 379. The molecule has 22 heavy (non-hydrogen) atoms. The lowest BCUT2D eigenvalue weighted by Crippen LogP contribution is -2.63. The minimum atomic E-state index is 0.360. The van der Waals surface area contributed by atoms with Crippen LogP contribution in [0.2, 0.25) is 0 Å². The Hall–Kier alpha value is -0.0800. The van der Waals surface area contributed by atoms with Gasteiger partial charge in [0.1, 0.15) is 0 Å². The zero-order valence-electron chi connectivity index (χ0n) is 15.9. The number of hydrogen-bond acceptors (Lipinski definition) is 2. The standard InChI is InChI=1S/C20H38N2/c1-18(2,3)17-11-16(12-17)13-21-14-20(15-21)7-9-22(10-8-20)19(4,5)6/h16-17H,7-15H2,1-6H3. The third-order valence-electron chi connectivity index (χ3n) is 6.87. The quantitative estimate of drug-likeness (QED) is 0.752. The molecule has 0 bridgehead atoms. The summed E-state index contributed by atoms with van der Waals surface area (Å²) in [7, 11) is 0. The first-order valence-corrected chi connectivity index (χ1v) is 9.55. The summed E-state index contributed by atoms with van der Waals surface area (Å²) in [4.78, 5) is 5.44. The fraction of sp³-hybridized carbons (Fsp3) is 1.00. The van der Waals surface area contributed by atoms with Crippen molar-refractivity contribution >= 4 is 0 Å². The maximum atomic E-state index is 2.76. The molecule has 0 atom stereocenters. The predicted molar refractivity (Wildman–Crippen MR) is 95.1 cm³/mol. The van der Waals surface area contributed by atoms with Crippen LogP contribution < -0.4 is 0 Å². The van der Waals surface area contributed by atoms with E-state index in [1.165, 1.54) is 58.4 Å². The van der Waals surface area contributed by atoms with E-state index >= 15 is 0 Å². The summed E-state index contributed by atoms with van der Waals surface area (Å²) in [6, 6.07) is 0. The molecule has 0 N–H and O–H groups in total. The van der Waals surface area contributed by atoms with E-state index in [2.05, 4.69) is 51.3 Å². The van der Waals surface area contributed by atoms with Crippen LogP contribution in [0.15, 0.2) is 0 Å². The van der Waals surface area contributed by atoms with Crippen LogP contribution in [-0.2, 0) is 0 Å². The maximum absolute atomic E-state index is 2.76. The number of piperidine rings is 1. The Kier molecular flexibility index (Phi) is 4.18. The van der Waals surface area contributed by atoms with E-state index < -0.39 is 0 Å². The molecule has 0 amide bonds. The molecule has 3 fully saturated rings. The van der Waals surface area contributed by atoms with E-state index in [1.807, 2.05) is 0 Å². The Morgan fingerprint density at radius 2 is 1.45 bits per heavy atom. The van der Waals surface area contributed by atoms with Gasteiger partial charge in [0.2, 0.25) is 0 Å². The molecule has 128 valence electrons. The molecule has 3 rings (SSSR count). The third-order valence-corrected chi connectivity index (χ3v) is 6.87. The topological polar surface area (TPSA) is 6.48 Å². The SMILES string of the molecule is CC(C)(C)C1CC(CN2CC3(CCN(C(C)(C)C)CC3)C2)C1. The van der Waals surface area contributed by atoms with Gasteiger partial charge in [-0.15, -0.1) is 0 Å². The van der Waals surface area contributed by atoms with Gasteiger partial charge < -0.3 is 4.90 Å². The largest absolute Gasteiger partial charge is 0.302 e. The van der Waals surface area contributed by atoms with E-state index in [1.54, 1.807) is 0 Å². The highest BCUT2D eigenvalue weighted by Crippen LogP contribution is 2.47. The van der Waals surface area contributed by atoms with Gasteiger partial charge in [0, 0.05) is 25.2 Å². The maximum Gasteiger partial charge on any atom is 0.0125 e. The summed E-state index contributed by atoms with van der Waals surface area (Å²) < 4.78 is 0. The molecule has 2 heteroatoms. The zero-order valence-corrected chi connectivity index (χ0v) is 15.9. The van der Waals surface area contributed by atoms with Crippen molar-refractivity contribution in [2.75, 3.05) is 32.7 Å². The number of rotatable bonds is 2. The molecule has 2 heterocycles. The smallest absolute Gasteiger partial charge is 0.0125 e. The van der Waals surface area contributed by atoms with Crippen LogP contribution in [0.3, 0.4) is 0 Å². The van der Waals surface area contributed by atoms with Crippen LogP contribution in [0.5, 0.6) is 0 Å². The van der Waals surface area contributed by atoms with Gasteiger partial charge in [0.25, 0.3) is 0 Å². The normalized spacial score (nSPS) is 33.5. The first-order chi connectivity index (χ1) is 10.1. The van der Waals surface area contributed by atoms with Gasteiger partial charge in [-0.05, 0) is 82.2 Å². The van der Waals surface area contributed by atoms with Crippen LogP contribution >= 0.6 is 0 Å². The molecular weight excluding hydrogens is 268 g/mol. The van der Waals surface area contributed by atoms with Gasteiger partial charge in [-0.25, -0.2) is 0 Å². The molecule has 0 unspecified atom stereocenters. The zero-order chi connectivity index (χ0) is 16.2. The van der Waals surface area contributed by atoms with Gasteiger partial charge in [-0.3, -0.25) is 4.90 Å². The van der Waals surface area contributed by atoms with Crippen molar-refractivity contribution in [3.05, 3.63) is 0 Å². The second-order valence-electron chi connectivity index (χ2n) is 10.7.